The Balaban J connectivity index is 3.12. The highest BCUT2D eigenvalue weighted by Gasteiger charge is 2.15. The highest BCUT2D eigenvalue weighted by molar-refractivity contribution is 7.99. The molecule has 0 saturated carbocycles. The summed E-state index contributed by atoms with van der Waals surface area (Å²) in [6.45, 7) is 1.34. The summed E-state index contributed by atoms with van der Waals surface area (Å²) in [5.41, 5.74) is -0.909. The molecule has 0 fully saturated rings. The minimum absolute atomic E-state index is 0.0241. The van der Waals surface area contributed by atoms with Gasteiger partial charge in [0.25, 0.3) is 5.56 Å². The van der Waals surface area contributed by atoms with Crippen molar-refractivity contribution in [2.24, 2.45) is 0 Å². The summed E-state index contributed by atoms with van der Waals surface area (Å²) in [5.74, 6) is -1.54. The number of aromatic amines is 1. The third-order valence-corrected chi connectivity index (χ3v) is 3.01. The molecule has 0 atom stereocenters. The largest absolute Gasteiger partial charge is 0.468 e. The maximum atomic E-state index is 13.2. The number of hydrogen-bond acceptors (Lipinski definition) is 5. The van der Waals surface area contributed by atoms with E-state index in [1.165, 1.54) is 14.0 Å². The number of aromatic nitrogens is 1. The van der Waals surface area contributed by atoms with Crippen LogP contribution < -0.4 is 5.56 Å². The lowest BCUT2D eigenvalue weighted by Gasteiger charge is -2.05. The van der Waals surface area contributed by atoms with Crippen LogP contribution in [0.15, 0.2) is 9.82 Å². The van der Waals surface area contributed by atoms with Crippen LogP contribution in [0.4, 0.5) is 4.39 Å². The molecule has 0 aliphatic carbocycles. The number of pyridine rings is 1. The number of thioether (sulfide) groups is 1. The van der Waals surface area contributed by atoms with Crippen LogP contribution in [-0.2, 0) is 9.53 Å². The van der Waals surface area contributed by atoms with Crippen molar-refractivity contribution >= 4 is 17.7 Å². The Morgan fingerprint density at radius 2 is 2.29 bits per heavy atom. The van der Waals surface area contributed by atoms with Gasteiger partial charge in [-0.25, -0.2) is 4.39 Å². The summed E-state index contributed by atoms with van der Waals surface area (Å²) in [4.78, 5) is 24.3. The van der Waals surface area contributed by atoms with Crippen LogP contribution in [0.5, 0.6) is 0 Å². The van der Waals surface area contributed by atoms with Gasteiger partial charge in [0.05, 0.1) is 23.5 Å². The van der Waals surface area contributed by atoms with E-state index in [1.54, 1.807) is 6.07 Å². The van der Waals surface area contributed by atoms with Crippen LogP contribution in [0.1, 0.15) is 11.1 Å². The fraction of sp³-hybridized carbons (Fsp3) is 0.300. The van der Waals surface area contributed by atoms with Crippen LogP contribution in [-0.4, -0.2) is 23.8 Å². The van der Waals surface area contributed by atoms with Crippen molar-refractivity contribution in [3.8, 4) is 6.07 Å². The lowest BCUT2D eigenvalue weighted by Crippen LogP contribution is -2.16. The van der Waals surface area contributed by atoms with Crippen molar-refractivity contribution < 1.29 is 13.9 Å². The first-order valence-electron chi connectivity index (χ1n) is 4.53. The van der Waals surface area contributed by atoms with Crippen LogP contribution in [0.3, 0.4) is 0 Å². The van der Waals surface area contributed by atoms with Gasteiger partial charge in [0, 0.05) is 5.56 Å². The third-order valence-electron chi connectivity index (χ3n) is 2.03. The molecule has 0 saturated heterocycles. The molecule has 0 spiro atoms. The zero-order valence-corrected chi connectivity index (χ0v) is 9.98. The number of methoxy groups -OCH3 is 1. The maximum absolute atomic E-state index is 13.2. The van der Waals surface area contributed by atoms with Gasteiger partial charge in [0.1, 0.15) is 6.07 Å². The molecule has 0 bridgehead atoms. The Hall–Kier alpha value is -1.81. The average molecular weight is 256 g/mol. The van der Waals surface area contributed by atoms with Gasteiger partial charge in [-0.05, 0) is 6.92 Å². The summed E-state index contributed by atoms with van der Waals surface area (Å²) in [5, 5.41) is 9.04. The van der Waals surface area contributed by atoms with E-state index in [4.69, 9.17) is 5.26 Å². The zero-order chi connectivity index (χ0) is 13.0. The second-order valence-corrected chi connectivity index (χ2v) is 4.06. The second-order valence-electron chi connectivity index (χ2n) is 3.07. The van der Waals surface area contributed by atoms with E-state index in [-0.39, 0.29) is 21.9 Å². The van der Waals surface area contributed by atoms with E-state index >= 15 is 0 Å². The predicted octanol–water partition coefficient (Wildman–Crippen LogP) is 0.959. The number of nitriles is 1. The van der Waals surface area contributed by atoms with Crippen LogP contribution in [0, 0.1) is 24.1 Å². The van der Waals surface area contributed by atoms with Crippen molar-refractivity contribution in [3.63, 3.8) is 0 Å². The normalized spacial score (nSPS) is 9.76. The monoisotopic (exact) mass is 256 g/mol. The molecular weight excluding hydrogens is 247 g/mol. The van der Waals surface area contributed by atoms with Crippen molar-refractivity contribution in [2.45, 2.75) is 11.9 Å². The molecule has 0 aliphatic rings. The number of halogens is 1. The fourth-order valence-corrected chi connectivity index (χ4v) is 1.99. The first-order chi connectivity index (χ1) is 8.01. The topological polar surface area (TPSA) is 83.0 Å². The zero-order valence-electron chi connectivity index (χ0n) is 9.17. The first-order valence-corrected chi connectivity index (χ1v) is 5.52. The number of H-pyrrole nitrogens is 1. The van der Waals surface area contributed by atoms with Crippen LogP contribution in [0.2, 0.25) is 0 Å². The van der Waals surface area contributed by atoms with Crippen molar-refractivity contribution in [3.05, 3.63) is 27.3 Å². The van der Waals surface area contributed by atoms with Gasteiger partial charge in [-0.2, -0.15) is 5.26 Å². The predicted molar refractivity (Wildman–Crippen MR) is 59.2 cm³/mol. The van der Waals surface area contributed by atoms with E-state index in [0.29, 0.717) is 0 Å². The number of carbonyl (C=O) groups is 1. The van der Waals surface area contributed by atoms with E-state index in [1.807, 2.05) is 0 Å². The first kappa shape index (κ1) is 13.3. The Bertz CT molecular complexity index is 548. The fourth-order valence-electron chi connectivity index (χ4n) is 1.10. The second kappa shape index (κ2) is 5.50. The van der Waals surface area contributed by atoms with Crippen molar-refractivity contribution in [1.29, 1.82) is 5.26 Å². The maximum Gasteiger partial charge on any atom is 0.316 e. The van der Waals surface area contributed by atoms with Gasteiger partial charge >= 0.3 is 5.97 Å². The molecule has 5 nitrogen and oxygen atoms in total. The van der Waals surface area contributed by atoms with E-state index in [0.717, 1.165) is 11.8 Å². The smallest absolute Gasteiger partial charge is 0.316 e. The summed E-state index contributed by atoms with van der Waals surface area (Å²) in [6, 6.07) is 1.79. The van der Waals surface area contributed by atoms with Gasteiger partial charge in [0.2, 0.25) is 0 Å². The minimum atomic E-state index is -0.982. The van der Waals surface area contributed by atoms with Crippen LogP contribution >= 0.6 is 11.8 Å². The van der Waals surface area contributed by atoms with Gasteiger partial charge in [-0.1, -0.05) is 11.8 Å². The van der Waals surface area contributed by atoms with E-state index < -0.39 is 17.3 Å². The quantitative estimate of drug-likeness (QED) is 0.643. The summed E-state index contributed by atoms with van der Waals surface area (Å²) < 4.78 is 17.6. The summed E-state index contributed by atoms with van der Waals surface area (Å²) in [6.07, 6.45) is 0. The lowest BCUT2D eigenvalue weighted by atomic mass is 10.2. The Kier molecular flexibility index (Phi) is 4.29. The number of nitrogens with one attached hydrogen (secondary N) is 1. The molecule has 0 amide bonds. The standard InChI is InChI=1S/C10H9FN2O3S/c1-5-6(3-12)10(13-9(15)8(5)11)17-4-7(14)16-2/h4H2,1-2H3,(H,13,15). The molecular formula is C10H9FN2O3S. The van der Waals surface area contributed by atoms with Gasteiger partial charge in [-0.3, -0.25) is 9.59 Å². The van der Waals surface area contributed by atoms with Crippen molar-refractivity contribution in [2.75, 3.05) is 12.9 Å². The van der Waals surface area contributed by atoms with Gasteiger partial charge in [-0.15, -0.1) is 0 Å². The minimum Gasteiger partial charge on any atom is -0.468 e. The van der Waals surface area contributed by atoms with Crippen LogP contribution in [0.25, 0.3) is 0 Å². The average Bonchev–Trinajstić information content (AvgIpc) is 2.33. The number of hydrogen-bond donors (Lipinski definition) is 1. The molecule has 7 heteroatoms. The van der Waals surface area contributed by atoms with Gasteiger partial charge in [0.15, 0.2) is 5.82 Å². The molecule has 1 aromatic heterocycles. The number of esters is 1. The summed E-state index contributed by atoms with van der Waals surface area (Å²) in [7, 11) is 1.23. The highest BCUT2D eigenvalue weighted by Crippen LogP contribution is 2.22. The lowest BCUT2D eigenvalue weighted by molar-refractivity contribution is -0.137. The molecule has 90 valence electrons. The molecule has 1 aromatic rings. The number of rotatable bonds is 3. The Morgan fingerprint density at radius 1 is 1.65 bits per heavy atom. The molecule has 0 radical (unpaired) electrons. The Labute approximate surface area is 101 Å². The Morgan fingerprint density at radius 3 is 2.82 bits per heavy atom. The SMILES string of the molecule is COC(=O)CSc1[nH]c(=O)c(F)c(C)c1C#N. The summed E-state index contributed by atoms with van der Waals surface area (Å²) >= 11 is 0.922. The highest BCUT2D eigenvalue weighted by atomic mass is 32.2. The van der Waals surface area contributed by atoms with E-state index in [9.17, 15) is 14.0 Å². The molecule has 1 rings (SSSR count). The van der Waals surface area contributed by atoms with Crippen molar-refractivity contribution in [1.82, 2.24) is 4.98 Å². The molecule has 17 heavy (non-hydrogen) atoms. The number of carbonyl (C=O) groups excluding carboxylic acids is 1. The van der Waals surface area contributed by atoms with Gasteiger partial charge < -0.3 is 9.72 Å². The number of ether oxygens (including phenoxy) is 1. The molecule has 0 aromatic carbocycles. The van der Waals surface area contributed by atoms with E-state index in [2.05, 4.69) is 9.72 Å². The molecule has 0 unspecified atom stereocenters. The molecule has 1 heterocycles. The third kappa shape index (κ3) is 2.85. The number of nitrogens with zero attached hydrogens (tertiary/aromatic N) is 1. The molecule has 1 N–H and O–H groups in total. The molecule has 0 aliphatic heterocycles.